The van der Waals surface area contributed by atoms with E-state index in [-0.39, 0.29) is 18.2 Å². The maximum atomic E-state index is 8.36. The van der Waals surface area contributed by atoms with Gasteiger partial charge in [0.25, 0.3) is 6.47 Å². The van der Waals surface area contributed by atoms with Gasteiger partial charge in [-0.25, -0.2) is 0 Å². The predicted octanol–water partition coefficient (Wildman–Crippen LogP) is 7.13. The topological polar surface area (TPSA) is 77.0 Å². The minimum absolute atomic E-state index is 0.0909. The molecule has 2 N–H and O–H groups in total. The standard InChI is InChI=1S/C27H37NO3S.CH2O2/c1-9-14-30-26-18(3)24(21-12-13-22-20(16-21)11-10-15-29-22)23(17(2)25(26)28-32-8)19(4)31-27(5,6)7;2-1-3/h9,12-13,16,19,28H,1,10-11,14-15H2,2-8H3;1H,(H,2,3). The summed E-state index contributed by atoms with van der Waals surface area (Å²) < 4.78 is 22.0. The van der Waals surface area contributed by atoms with E-state index in [4.69, 9.17) is 24.1 Å². The van der Waals surface area contributed by atoms with Gasteiger partial charge in [0.15, 0.2) is 0 Å². The first-order valence-electron chi connectivity index (χ1n) is 11.8. The van der Waals surface area contributed by atoms with E-state index in [9.17, 15) is 0 Å². The molecule has 1 unspecified atom stereocenters. The Balaban J connectivity index is 0.00000137. The van der Waals surface area contributed by atoms with E-state index in [2.05, 4.69) is 71.0 Å². The van der Waals surface area contributed by atoms with Crippen LogP contribution in [0.5, 0.6) is 11.5 Å². The number of ether oxygens (including phenoxy) is 3. The van der Waals surface area contributed by atoms with Crippen molar-refractivity contribution in [1.29, 1.82) is 0 Å². The highest BCUT2D eigenvalue weighted by Gasteiger charge is 2.28. The van der Waals surface area contributed by atoms with Gasteiger partial charge in [-0.1, -0.05) is 30.7 Å². The molecule has 0 fully saturated rings. The molecule has 7 heteroatoms. The Labute approximate surface area is 214 Å². The zero-order valence-corrected chi connectivity index (χ0v) is 22.8. The molecule has 0 aromatic heterocycles. The van der Waals surface area contributed by atoms with Crippen molar-refractivity contribution in [2.24, 2.45) is 0 Å². The van der Waals surface area contributed by atoms with Gasteiger partial charge in [-0.15, -0.1) is 0 Å². The fourth-order valence-electron chi connectivity index (χ4n) is 4.53. The Morgan fingerprint density at radius 1 is 1.29 bits per heavy atom. The van der Waals surface area contributed by atoms with Crippen LogP contribution in [0.25, 0.3) is 11.1 Å². The molecular weight excluding hydrogens is 462 g/mol. The van der Waals surface area contributed by atoms with Crippen LogP contribution in [0.15, 0.2) is 30.9 Å². The molecule has 1 aliphatic rings. The lowest BCUT2D eigenvalue weighted by molar-refractivity contribution is -0.122. The fraction of sp³-hybridized carbons (Fsp3) is 0.464. The molecule has 1 atom stereocenters. The molecule has 6 nitrogen and oxygen atoms in total. The Morgan fingerprint density at radius 3 is 2.57 bits per heavy atom. The molecular formula is C28H39NO5S. The summed E-state index contributed by atoms with van der Waals surface area (Å²) in [6.07, 6.45) is 5.81. The number of hydrogen-bond donors (Lipinski definition) is 2. The largest absolute Gasteiger partial charge is 0.493 e. The summed E-state index contributed by atoms with van der Waals surface area (Å²) >= 11 is 1.57. The van der Waals surface area contributed by atoms with E-state index in [1.807, 2.05) is 6.26 Å². The van der Waals surface area contributed by atoms with Gasteiger partial charge in [0.05, 0.1) is 24.0 Å². The van der Waals surface area contributed by atoms with Gasteiger partial charge in [-0.3, -0.25) is 4.79 Å². The van der Waals surface area contributed by atoms with Crippen LogP contribution in [-0.4, -0.2) is 36.6 Å². The number of fused-ring (bicyclic) bond motifs is 1. The number of rotatable bonds is 8. The summed E-state index contributed by atoms with van der Waals surface area (Å²) in [6.45, 7) is 17.6. The number of carboxylic acid groups (broad SMARTS) is 1. The van der Waals surface area contributed by atoms with Gasteiger partial charge in [0.2, 0.25) is 0 Å². The molecule has 2 aromatic carbocycles. The van der Waals surface area contributed by atoms with Crippen LogP contribution in [0, 0.1) is 13.8 Å². The molecule has 192 valence electrons. The molecule has 0 radical (unpaired) electrons. The number of carbonyl (C=O) groups is 1. The molecule has 0 saturated heterocycles. The molecule has 35 heavy (non-hydrogen) atoms. The molecule has 0 saturated carbocycles. The van der Waals surface area contributed by atoms with Crippen molar-refractivity contribution in [3.05, 3.63) is 53.1 Å². The molecule has 0 bridgehead atoms. The normalized spacial score (nSPS) is 13.5. The van der Waals surface area contributed by atoms with E-state index in [0.717, 1.165) is 47.8 Å². The van der Waals surface area contributed by atoms with Crippen LogP contribution in [-0.2, 0) is 16.0 Å². The van der Waals surface area contributed by atoms with E-state index in [1.165, 1.54) is 22.3 Å². The summed E-state index contributed by atoms with van der Waals surface area (Å²) in [6, 6.07) is 6.55. The summed E-state index contributed by atoms with van der Waals surface area (Å²) in [5.74, 6) is 1.87. The van der Waals surface area contributed by atoms with Gasteiger partial charge >= 0.3 is 0 Å². The number of anilines is 1. The second kappa shape index (κ2) is 12.9. The summed E-state index contributed by atoms with van der Waals surface area (Å²) in [7, 11) is 0. The first kappa shape index (κ1) is 28.6. The summed E-state index contributed by atoms with van der Waals surface area (Å²) in [5.41, 5.74) is 7.80. The van der Waals surface area contributed by atoms with Gasteiger partial charge in [-0.05, 0) is 94.3 Å². The lowest BCUT2D eigenvalue weighted by Gasteiger charge is -2.31. The smallest absolute Gasteiger partial charge is 0.290 e. The van der Waals surface area contributed by atoms with Crippen molar-refractivity contribution < 1.29 is 24.1 Å². The van der Waals surface area contributed by atoms with Crippen molar-refractivity contribution in [2.45, 2.75) is 66.1 Å². The third-order valence-corrected chi connectivity index (χ3v) is 6.08. The zero-order valence-electron chi connectivity index (χ0n) is 22.0. The van der Waals surface area contributed by atoms with Gasteiger partial charge in [-0.2, -0.15) is 0 Å². The van der Waals surface area contributed by atoms with E-state index < -0.39 is 0 Å². The van der Waals surface area contributed by atoms with Crippen molar-refractivity contribution >= 4 is 24.1 Å². The lowest BCUT2D eigenvalue weighted by atomic mass is 9.86. The van der Waals surface area contributed by atoms with Crippen LogP contribution in [0.3, 0.4) is 0 Å². The van der Waals surface area contributed by atoms with Crippen molar-refractivity contribution in [1.82, 2.24) is 0 Å². The van der Waals surface area contributed by atoms with Crippen LogP contribution in [0.4, 0.5) is 5.69 Å². The second-order valence-electron chi connectivity index (χ2n) is 9.40. The van der Waals surface area contributed by atoms with Crippen LogP contribution < -0.4 is 14.2 Å². The SMILES string of the molecule is C=CCOc1c(C)c(-c2ccc3c(c2)CCCO3)c(C(C)OC(C)(C)C)c(C)c1NSC.O=CO. The molecule has 0 amide bonds. The Morgan fingerprint density at radius 2 is 1.97 bits per heavy atom. The van der Waals surface area contributed by atoms with Crippen LogP contribution in [0.2, 0.25) is 0 Å². The Kier molecular flexibility index (Phi) is 10.5. The number of nitrogens with one attached hydrogen (secondary N) is 1. The Bertz CT molecular complexity index is 1030. The van der Waals surface area contributed by atoms with Crippen molar-refractivity contribution in [3.63, 3.8) is 0 Å². The number of aryl methyl sites for hydroxylation is 1. The highest BCUT2D eigenvalue weighted by Crippen LogP contribution is 2.47. The average molecular weight is 502 g/mol. The highest BCUT2D eigenvalue weighted by atomic mass is 32.2. The van der Waals surface area contributed by atoms with E-state index in [0.29, 0.717) is 6.61 Å². The third-order valence-electron chi connectivity index (χ3n) is 5.67. The number of benzene rings is 2. The second-order valence-corrected chi connectivity index (χ2v) is 10.0. The minimum Gasteiger partial charge on any atom is -0.493 e. The Hall–Kier alpha value is -2.64. The zero-order chi connectivity index (χ0) is 26.2. The molecule has 0 spiro atoms. The van der Waals surface area contributed by atoms with Gasteiger partial charge < -0.3 is 24.0 Å². The molecule has 1 heterocycles. The van der Waals surface area contributed by atoms with Crippen molar-refractivity contribution in [2.75, 3.05) is 24.2 Å². The first-order chi connectivity index (χ1) is 16.6. The maximum absolute atomic E-state index is 8.36. The fourth-order valence-corrected chi connectivity index (χ4v) is 4.98. The van der Waals surface area contributed by atoms with E-state index >= 15 is 0 Å². The average Bonchev–Trinajstić information content (AvgIpc) is 2.79. The lowest BCUT2D eigenvalue weighted by Crippen LogP contribution is -2.22. The number of hydrogen-bond acceptors (Lipinski definition) is 6. The molecule has 0 aliphatic carbocycles. The van der Waals surface area contributed by atoms with Crippen molar-refractivity contribution in [3.8, 4) is 22.6 Å². The minimum atomic E-state index is -0.258. The van der Waals surface area contributed by atoms with Gasteiger partial charge in [0, 0.05) is 11.8 Å². The van der Waals surface area contributed by atoms with Crippen LogP contribution >= 0.6 is 11.9 Å². The summed E-state index contributed by atoms with van der Waals surface area (Å²) in [5, 5.41) is 6.89. The van der Waals surface area contributed by atoms with Crippen LogP contribution in [0.1, 0.15) is 62.5 Å². The molecule has 2 aromatic rings. The predicted molar refractivity (Wildman–Crippen MR) is 146 cm³/mol. The monoisotopic (exact) mass is 501 g/mol. The molecule has 1 aliphatic heterocycles. The molecule has 3 rings (SSSR count). The van der Waals surface area contributed by atoms with Gasteiger partial charge in [0.1, 0.15) is 18.1 Å². The van der Waals surface area contributed by atoms with E-state index in [1.54, 1.807) is 18.0 Å². The highest BCUT2D eigenvalue weighted by molar-refractivity contribution is 7.99. The third kappa shape index (κ3) is 7.18. The summed E-state index contributed by atoms with van der Waals surface area (Å²) in [4.78, 5) is 8.36. The maximum Gasteiger partial charge on any atom is 0.290 e. The quantitative estimate of drug-likeness (QED) is 0.226. The first-order valence-corrected chi connectivity index (χ1v) is 13.0.